The largest absolute Gasteiger partial charge is 0.444 e. The maximum atomic E-state index is 13.0. The second kappa shape index (κ2) is 7.55. The molecule has 136 valence electrons. The van der Waals surface area contributed by atoms with Crippen LogP contribution in [0.3, 0.4) is 0 Å². The number of carbonyl (C=O) groups excluding carboxylic acids is 3. The normalized spacial score (nSPS) is 18.5. The Balaban J connectivity index is 2.24. The maximum Gasteiger partial charge on any atom is 0.408 e. The lowest BCUT2D eigenvalue weighted by Crippen LogP contribution is -2.49. The number of hydrogen-bond acceptors (Lipinski definition) is 4. The van der Waals surface area contributed by atoms with Crippen molar-refractivity contribution < 1.29 is 19.1 Å². The second-order valence-electron chi connectivity index (χ2n) is 7.08. The zero-order valence-corrected chi connectivity index (χ0v) is 14.8. The molecular formula is C18H25N3O4. The van der Waals surface area contributed by atoms with Gasteiger partial charge in [0, 0.05) is 6.54 Å². The number of primary amides is 1. The van der Waals surface area contributed by atoms with Gasteiger partial charge in [0.2, 0.25) is 5.91 Å². The molecule has 0 aromatic heterocycles. The molecule has 7 nitrogen and oxygen atoms in total. The number of rotatable bonds is 4. The number of nitrogens with one attached hydrogen (secondary N) is 1. The number of alkyl carbamates (subject to hydrolysis) is 1. The highest BCUT2D eigenvalue weighted by Crippen LogP contribution is 2.24. The van der Waals surface area contributed by atoms with Crippen molar-refractivity contribution in [3.63, 3.8) is 0 Å². The van der Waals surface area contributed by atoms with Crippen LogP contribution in [0.1, 0.15) is 45.2 Å². The van der Waals surface area contributed by atoms with Crippen LogP contribution in [0, 0.1) is 0 Å². The fourth-order valence-corrected chi connectivity index (χ4v) is 2.85. The summed E-state index contributed by atoms with van der Waals surface area (Å²) in [5.41, 5.74) is 5.34. The van der Waals surface area contributed by atoms with Crippen molar-refractivity contribution in [2.75, 3.05) is 6.54 Å². The third kappa shape index (κ3) is 4.95. The van der Waals surface area contributed by atoms with E-state index in [1.54, 1.807) is 45.0 Å². The van der Waals surface area contributed by atoms with Crippen LogP contribution >= 0.6 is 0 Å². The van der Waals surface area contributed by atoms with Crippen LogP contribution in [0.5, 0.6) is 0 Å². The van der Waals surface area contributed by atoms with E-state index in [1.165, 1.54) is 4.90 Å². The van der Waals surface area contributed by atoms with Crippen molar-refractivity contribution in [2.24, 2.45) is 5.73 Å². The summed E-state index contributed by atoms with van der Waals surface area (Å²) in [4.78, 5) is 38.2. The molecule has 2 rings (SSSR count). The van der Waals surface area contributed by atoms with Crippen molar-refractivity contribution in [1.29, 1.82) is 0 Å². The Labute approximate surface area is 147 Å². The van der Waals surface area contributed by atoms with Gasteiger partial charge in [0.1, 0.15) is 17.7 Å². The van der Waals surface area contributed by atoms with Gasteiger partial charge >= 0.3 is 6.09 Å². The molecule has 1 fully saturated rings. The lowest BCUT2D eigenvalue weighted by atomic mass is 10.1. The summed E-state index contributed by atoms with van der Waals surface area (Å²) in [6, 6.07) is 7.30. The molecule has 1 heterocycles. The van der Waals surface area contributed by atoms with Crippen molar-refractivity contribution in [1.82, 2.24) is 10.2 Å². The molecule has 0 radical (unpaired) electrons. The van der Waals surface area contributed by atoms with Crippen LogP contribution in [-0.2, 0) is 14.3 Å². The minimum absolute atomic E-state index is 0.363. The summed E-state index contributed by atoms with van der Waals surface area (Å²) in [7, 11) is 0. The van der Waals surface area contributed by atoms with Crippen molar-refractivity contribution in [2.45, 2.75) is 51.3 Å². The SMILES string of the molecule is CC(C)(C)OC(=O)NC(C(=O)N1CCCC1C(N)=O)c1ccccc1. The highest BCUT2D eigenvalue weighted by Gasteiger charge is 2.37. The van der Waals surface area contributed by atoms with E-state index in [-0.39, 0.29) is 5.91 Å². The van der Waals surface area contributed by atoms with Gasteiger partial charge in [-0.3, -0.25) is 9.59 Å². The molecule has 0 bridgehead atoms. The van der Waals surface area contributed by atoms with Gasteiger partial charge in [0.15, 0.2) is 0 Å². The lowest BCUT2D eigenvalue weighted by Gasteiger charge is -2.29. The number of carbonyl (C=O) groups is 3. The number of nitrogens with two attached hydrogens (primary N) is 1. The summed E-state index contributed by atoms with van der Waals surface area (Å²) in [5, 5.41) is 2.62. The van der Waals surface area contributed by atoms with Gasteiger partial charge in [-0.1, -0.05) is 30.3 Å². The topological polar surface area (TPSA) is 102 Å². The second-order valence-corrected chi connectivity index (χ2v) is 7.08. The molecular weight excluding hydrogens is 322 g/mol. The van der Waals surface area contributed by atoms with Gasteiger partial charge < -0.3 is 20.7 Å². The molecule has 3 amide bonds. The number of likely N-dealkylation sites (tertiary alicyclic amines) is 1. The first-order valence-electron chi connectivity index (χ1n) is 8.33. The lowest BCUT2D eigenvalue weighted by molar-refractivity contribution is -0.139. The highest BCUT2D eigenvalue weighted by molar-refractivity contribution is 5.92. The summed E-state index contributed by atoms with van der Waals surface area (Å²) in [6.07, 6.45) is 0.548. The molecule has 0 aliphatic carbocycles. The van der Waals surface area contributed by atoms with E-state index in [0.29, 0.717) is 24.9 Å². The number of hydrogen-bond donors (Lipinski definition) is 2. The Morgan fingerprint density at radius 3 is 2.44 bits per heavy atom. The van der Waals surface area contributed by atoms with E-state index in [9.17, 15) is 14.4 Å². The molecule has 2 unspecified atom stereocenters. The Hall–Kier alpha value is -2.57. The number of ether oxygens (including phenoxy) is 1. The first kappa shape index (κ1) is 18.8. The van der Waals surface area contributed by atoms with Crippen molar-refractivity contribution >= 4 is 17.9 Å². The smallest absolute Gasteiger partial charge is 0.408 e. The fraction of sp³-hybridized carbons (Fsp3) is 0.500. The van der Waals surface area contributed by atoms with Crippen LogP contribution in [0.4, 0.5) is 4.79 Å². The minimum Gasteiger partial charge on any atom is -0.444 e. The van der Waals surface area contributed by atoms with E-state index >= 15 is 0 Å². The number of benzene rings is 1. The van der Waals surface area contributed by atoms with E-state index in [4.69, 9.17) is 10.5 Å². The molecule has 2 atom stereocenters. The zero-order valence-electron chi connectivity index (χ0n) is 14.8. The van der Waals surface area contributed by atoms with E-state index in [0.717, 1.165) is 0 Å². The van der Waals surface area contributed by atoms with E-state index in [1.807, 2.05) is 6.07 Å². The van der Waals surface area contributed by atoms with Gasteiger partial charge in [-0.15, -0.1) is 0 Å². The first-order chi connectivity index (χ1) is 11.7. The van der Waals surface area contributed by atoms with E-state index < -0.39 is 29.7 Å². The minimum atomic E-state index is -0.934. The highest BCUT2D eigenvalue weighted by atomic mass is 16.6. The molecule has 0 spiro atoms. The predicted molar refractivity (Wildman–Crippen MR) is 92.5 cm³/mol. The molecule has 25 heavy (non-hydrogen) atoms. The Kier molecular flexibility index (Phi) is 5.66. The van der Waals surface area contributed by atoms with Gasteiger partial charge in [-0.2, -0.15) is 0 Å². The quantitative estimate of drug-likeness (QED) is 0.866. The van der Waals surface area contributed by atoms with Crippen molar-refractivity contribution in [3.8, 4) is 0 Å². The molecule has 1 aliphatic rings. The monoisotopic (exact) mass is 347 g/mol. The molecule has 0 saturated carbocycles. The van der Waals surface area contributed by atoms with Crippen LogP contribution in [0.2, 0.25) is 0 Å². The third-order valence-electron chi connectivity index (χ3n) is 3.91. The first-order valence-corrected chi connectivity index (χ1v) is 8.33. The number of amides is 3. The summed E-state index contributed by atoms with van der Waals surface area (Å²) >= 11 is 0. The van der Waals surface area contributed by atoms with Crippen LogP contribution in [0.15, 0.2) is 30.3 Å². The van der Waals surface area contributed by atoms with Gasteiger partial charge in [-0.05, 0) is 39.2 Å². The standard InChI is InChI=1S/C18H25N3O4/c1-18(2,3)25-17(24)20-14(12-8-5-4-6-9-12)16(23)21-11-7-10-13(21)15(19)22/h4-6,8-9,13-14H,7,10-11H2,1-3H3,(H2,19,22)(H,20,24). The predicted octanol–water partition coefficient (Wildman–Crippen LogP) is 1.73. The van der Waals surface area contributed by atoms with Gasteiger partial charge in [0.05, 0.1) is 0 Å². The molecule has 7 heteroatoms. The summed E-state index contributed by atoms with van der Waals surface area (Å²) < 4.78 is 5.26. The van der Waals surface area contributed by atoms with Crippen LogP contribution in [-0.4, -0.2) is 41.0 Å². The van der Waals surface area contributed by atoms with Gasteiger partial charge in [0.25, 0.3) is 5.91 Å². The van der Waals surface area contributed by atoms with Crippen molar-refractivity contribution in [3.05, 3.63) is 35.9 Å². The average Bonchev–Trinajstić information content (AvgIpc) is 3.01. The fourth-order valence-electron chi connectivity index (χ4n) is 2.85. The molecule has 1 aliphatic heterocycles. The Morgan fingerprint density at radius 1 is 1.24 bits per heavy atom. The Bertz CT molecular complexity index is 639. The third-order valence-corrected chi connectivity index (χ3v) is 3.91. The maximum absolute atomic E-state index is 13.0. The van der Waals surface area contributed by atoms with E-state index in [2.05, 4.69) is 5.32 Å². The zero-order chi connectivity index (χ0) is 18.6. The molecule has 1 saturated heterocycles. The van der Waals surface area contributed by atoms with Crippen LogP contribution in [0.25, 0.3) is 0 Å². The summed E-state index contributed by atoms with van der Waals surface area (Å²) in [5.74, 6) is -0.895. The average molecular weight is 347 g/mol. The van der Waals surface area contributed by atoms with Gasteiger partial charge in [-0.25, -0.2) is 4.79 Å². The molecule has 1 aromatic carbocycles. The summed E-state index contributed by atoms with van der Waals surface area (Å²) in [6.45, 7) is 5.67. The number of nitrogens with zero attached hydrogens (tertiary/aromatic N) is 1. The molecule has 1 aromatic rings. The Morgan fingerprint density at radius 2 is 1.88 bits per heavy atom. The molecule has 3 N–H and O–H groups in total. The van der Waals surface area contributed by atoms with Crippen LogP contribution < -0.4 is 11.1 Å².